The zero-order valence-electron chi connectivity index (χ0n) is 8.31. The Bertz CT molecular complexity index is 524. The molecule has 2 radical (unpaired) electrons. The molecular formula is C11H9AlO4. The second kappa shape index (κ2) is 4.99. The van der Waals surface area contributed by atoms with E-state index >= 15 is 0 Å². The van der Waals surface area contributed by atoms with E-state index in [0.29, 0.717) is 0 Å². The molecule has 5 heteroatoms. The minimum atomic E-state index is -0.566. The Morgan fingerprint density at radius 3 is 2.31 bits per heavy atom. The van der Waals surface area contributed by atoms with Crippen molar-refractivity contribution < 1.29 is 19.2 Å². The number of benzene rings is 2. The minimum Gasteiger partial charge on any atom is -0.624 e. The van der Waals surface area contributed by atoms with Crippen LogP contribution in [0.4, 0.5) is 0 Å². The lowest BCUT2D eigenvalue weighted by atomic mass is 10.1. The third kappa shape index (κ3) is 2.17. The van der Waals surface area contributed by atoms with E-state index in [-0.39, 0.29) is 16.8 Å². The van der Waals surface area contributed by atoms with Crippen LogP contribution in [0, 0.1) is 0 Å². The third-order valence-electron chi connectivity index (χ3n) is 2.19. The lowest BCUT2D eigenvalue weighted by Crippen LogP contribution is -2.02. The fourth-order valence-corrected chi connectivity index (χ4v) is 1.58. The second-order valence-corrected chi connectivity index (χ2v) is 3.36. The van der Waals surface area contributed by atoms with Gasteiger partial charge in [-0.15, -0.1) is 0 Å². The van der Waals surface area contributed by atoms with Crippen LogP contribution in [0.2, 0.25) is 0 Å². The summed E-state index contributed by atoms with van der Waals surface area (Å²) in [6.45, 7) is 0. The maximum absolute atomic E-state index is 11.3. The molecule has 2 aromatic carbocycles. The highest BCUT2D eigenvalue weighted by molar-refractivity contribution is 6.11. The minimum absolute atomic E-state index is 0. The first kappa shape index (κ1) is 12.5. The van der Waals surface area contributed by atoms with E-state index < -0.39 is 5.97 Å². The van der Waals surface area contributed by atoms with Crippen molar-refractivity contribution in [2.45, 2.75) is 0 Å². The average Bonchev–Trinajstić information content (AvgIpc) is 2.27. The number of phenolic OH excluding ortho intramolecular Hbond substituents is 1. The summed E-state index contributed by atoms with van der Waals surface area (Å²) in [6, 6.07) is 10.6. The predicted octanol–water partition coefficient (Wildman–Crippen LogP) is 0.961. The topological polar surface area (TPSA) is 78.0 Å². The van der Waals surface area contributed by atoms with Gasteiger partial charge < -0.3 is 14.4 Å². The van der Waals surface area contributed by atoms with Crippen molar-refractivity contribution in [2.24, 2.45) is 0 Å². The maximum atomic E-state index is 11.3. The van der Waals surface area contributed by atoms with Gasteiger partial charge >= 0.3 is 22.6 Å². The molecule has 2 aromatic rings. The lowest BCUT2D eigenvalue weighted by Gasteiger charge is -2.06. The smallest absolute Gasteiger partial charge is 0.485 e. The van der Waals surface area contributed by atoms with Gasteiger partial charge in [0.25, 0.3) is 0 Å². The SMILES string of the molecule is O.O=C([O][Al])c1cc2ccccc2cc1O. The Morgan fingerprint density at radius 1 is 1.19 bits per heavy atom. The van der Waals surface area contributed by atoms with Gasteiger partial charge in [0.1, 0.15) is 5.75 Å². The van der Waals surface area contributed by atoms with Crippen LogP contribution in [-0.4, -0.2) is 33.2 Å². The van der Waals surface area contributed by atoms with Crippen molar-refractivity contribution in [3.8, 4) is 5.75 Å². The van der Waals surface area contributed by atoms with Crippen LogP contribution in [0.5, 0.6) is 5.75 Å². The van der Waals surface area contributed by atoms with Crippen molar-refractivity contribution in [3.63, 3.8) is 0 Å². The van der Waals surface area contributed by atoms with Crippen molar-refractivity contribution in [1.29, 1.82) is 0 Å². The van der Waals surface area contributed by atoms with Crippen molar-refractivity contribution in [1.82, 2.24) is 0 Å². The summed E-state index contributed by atoms with van der Waals surface area (Å²) in [7, 11) is 0. The molecule has 0 aliphatic carbocycles. The Hall–Kier alpha value is -1.54. The summed E-state index contributed by atoms with van der Waals surface area (Å²) in [5.41, 5.74) is 0.170. The highest BCUT2D eigenvalue weighted by Crippen LogP contribution is 2.25. The molecule has 80 valence electrons. The number of fused-ring (bicyclic) bond motifs is 1. The highest BCUT2D eigenvalue weighted by Gasteiger charge is 2.10. The summed E-state index contributed by atoms with van der Waals surface area (Å²) in [5, 5.41) is 11.4. The predicted molar refractivity (Wildman–Crippen MR) is 60.4 cm³/mol. The number of hydrogen-bond acceptors (Lipinski definition) is 3. The van der Waals surface area contributed by atoms with E-state index in [1.54, 1.807) is 12.1 Å². The molecule has 0 amide bonds. The number of carbonyl (C=O) groups is 1. The molecule has 0 saturated heterocycles. The fraction of sp³-hybridized carbons (Fsp3) is 0. The van der Waals surface area contributed by atoms with Gasteiger partial charge in [0.15, 0.2) is 0 Å². The number of carbonyl (C=O) groups excluding carboxylic acids is 1. The monoisotopic (exact) mass is 232 g/mol. The van der Waals surface area contributed by atoms with Gasteiger partial charge in [-0.1, -0.05) is 24.3 Å². The van der Waals surface area contributed by atoms with Gasteiger partial charge in [-0.05, 0) is 22.9 Å². The van der Waals surface area contributed by atoms with Crippen LogP contribution >= 0.6 is 0 Å². The summed E-state index contributed by atoms with van der Waals surface area (Å²) < 4.78 is 4.48. The molecule has 0 aliphatic heterocycles. The molecule has 0 aliphatic rings. The Kier molecular flexibility index (Phi) is 3.91. The number of hydrogen-bond donors (Lipinski definition) is 1. The first-order valence-corrected chi connectivity index (χ1v) is 4.82. The van der Waals surface area contributed by atoms with Crippen LogP contribution < -0.4 is 0 Å². The molecule has 0 saturated carbocycles. The Morgan fingerprint density at radius 2 is 1.75 bits per heavy atom. The van der Waals surface area contributed by atoms with Crippen LogP contribution in [-0.2, 0) is 3.79 Å². The molecule has 3 N–H and O–H groups in total. The molecular weight excluding hydrogens is 223 g/mol. The van der Waals surface area contributed by atoms with Gasteiger partial charge in [0.2, 0.25) is 0 Å². The first-order chi connectivity index (χ1) is 7.22. The number of rotatable bonds is 1. The summed E-state index contributed by atoms with van der Waals surface area (Å²) in [4.78, 5) is 11.3. The van der Waals surface area contributed by atoms with E-state index in [2.05, 4.69) is 3.79 Å². The zero-order chi connectivity index (χ0) is 10.8. The molecule has 0 spiro atoms. The summed E-state index contributed by atoms with van der Waals surface area (Å²) in [5.74, 6) is -0.635. The molecule has 0 aromatic heterocycles. The quantitative estimate of drug-likeness (QED) is 0.744. The number of phenols is 1. The summed E-state index contributed by atoms with van der Waals surface area (Å²) >= 11 is 1.87. The fourth-order valence-electron chi connectivity index (χ4n) is 1.46. The van der Waals surface area contributed by atoms with E-state index in [1.165, 1.54) is 0 Å². The zero-order valence-corrected chi connectivity index (χ0v) is 9.46. The molecule has 0 unspecified atom stereocenters. The largest absolute Gasteiger partial charge is 0.624 e. The Balaban J connectivity index is 0.00000128. The van der Waals surface area contributed by atoms with Crippen LogP contribution in [0.15, 0.2) is 36.4 Å². The molecule has 2 rings (SSSR count). The van der Waals surface area contributed by atoms with Gasteiger partial charge in [0.05, 0.1) is 5.56 Å². The Labute approximate surface area is 101 Å². The van der Waals surface area contributed by atoms with Crippen molar-refractivity contribution in [2.75, 3.05) is 0 Å². The molecule has 16 heavy (non-hydrogen) atoms. The van der Waals surface area contributed by atoms with Crippen molar-refractivity contribution >= 4 is 33.4 Å². The molecule has 0 heterocycles. The average molecular weight is 232 g/mol. The van der Waals surface area contributed by atoms with Crippen molar-refractivity contribution in [3.05, 3.63) is 42.0 Å². The maximum Gasteiger partial charge on any atom is 0.485 e. The standard InChI is InChI=1S/C11H8O3.Al.H2O/c12-10-6-8-4-2-1-3-7(8)5-9(10)11(13)14;;/h1-6,12H,(H,13,14);;1H2/q;+1;/p-1. The van der Waals surface area contributed by atoms with E-state index in [9.17, 15) is 9.90 Å². The first-order valence-electron chi connectivity index (χ1n) is 4.35. The van der Waals surface area contributed by atoms with Gasteiger partial charge in [-0.2, -0.15) is 0 Å². The highest BCUT2D eigenvalue weighted by atomic mass is 27.1. The second-order valence-electron chi connectivity index (χ2n) is 3.12. The van der Waals surface area contributed by atoms with Crippen LogP contribution in [0.3, 0.4) is 0 Å². The van der Waals surface area contributed by atoms with Gasteiger partial charge in [0, 0.05) is 0 Å². The van der Waals surface area contributed by atoms with E-state index in [4.69, 9.17) is 0 Å². The molecule has 4 nitrogen and oxygen atoms in total. The van der Waals surface area contributed by atoms with Gasteiger partial charge in [-0.3, -0.25) is 0 Å². The summed E-state index contributed by atoms with van der Waals surface area (Å²) in [6.07, 6.45) is 0. The molecule has 0 fully saturated rings. The van der Waals surface area contributed by atoms with Gasteiger partial charge in [-0.25, -0.2) is 4.79 Å². The third-order valence-corrected chi connectivity index (χ3v) is 2.41. The van der Waals surface area contributed by atoms with Crippen LogP contribution in [0.1, 0.15) is 10.4 Å². The lowest BCUT2D eigenvalue weighted by molar-refractivity contribution is 0.0747. The molecule has 0 bridgehead atoms. The van der Waals surface area contributed by atoms with E-state index in [0.717, 1.165) is 10.8 Å². The van der Waals surface area contributed by atoms with E-state index in [1.807, 2.05) is 40.9 Å². The normalized spacial score (nSPS) is 9.50. The molecule has 0 atom stereocenters. The van der Waals surface area contributed by atoms with Crippen LogP contribution in [0.25, 0.3) is 10.8 Å². The number of aromatic hydroxyl groups is 1.